The molecular weight excluding hydrogens is 388 g/mol. The molecule has 0 heterocycles. The summed E-state index contributed by atoms with van der Waals surface area (Å²) in [4.78, 5) is 0. The molecule has 0 saturated heterocycles. The molecule has 2 atom stereocenters. The highest BCUT2D eigenvalue weighted by Crippen LogP contribution is 2.31. The van der Waals surface area contributed by atoms with Crippen LogP contribution in [-0.4, -0.2) is 41.0 Å². The molecule has 0 aliphatic heterocycles. The molecule has 0 amide bonds. The van der Waals surface area contributed by atoms with Gasteiger partial charge in [-0.3, -0.25) is 0 Å². The van der Waals surface area contributed by atoms with E-state index in [1.807, 2.05) is 0 Å². The van der Waals surface area contributed by atoms with E-state index in [4.69, 9.17) is 18.9 Å². The highest BCUT2D eigenvalue weighted by atomic mass is 16.7. The molecule has 0 spiro atoms. The molecule has 0 aliphatic carbocycles. The first-order chi connectivity index (χ1) is 15.2. The highest BCUT2D eigenvalue weighted by Gasteiger charge is 2.29. The molecule has 0 aliphatic rings. The Bertz CT molecular complexity index is 310. The van der Waals surface area contributed by atoms with Gasteiger partial charge in [0.2, 0.25) is 0 Å². The SMILES string of the molecule is CCCCCCCCCC(CC(CCCCCCCCC)C(OC)OC)C(OC)OC. The second-order valence-electron chi connectivity index (χ2n) is 9.26. The minimum absolute atomic E-state index is 0.147. The monoisotopic (exact) mass is 444 g/mol. The van der Waals surface area contributed by atoms with Gasteiger partial charge >= 0.3 is 0 Å². The van der Waals surface area contributed by atoms with Crippen LogP contribution in [0.3, 0.4) is 0 Å². The molecule has 188 valence electrons. The molecule has 0 N–H and O–H groups in total. The van der Waals surface area contributed by atoms with Crippen molar-refractivity contribution < 1.29 is 18.9 Å². The Morgan fingerprint density at radius 2 is 0.710 bits per heavy atom. The van der Waals surface area contributed by atoms with Crippen molar-refractivity contribution in [2.75, 3.05) is 28.4 Å². The van der Waals surface area contributed by atoms with Crippen molar-refractivity contribution in [2.45, 2.75) is 136 Å². The van der Waals surface area contributed by atoms with E-state index in [1.165, 1.54) is 89.9 Å². The van der Waals surface area contributed by atoms with Crippen LogP contribution in [0.4, 0.5) is 0 Å². The largest absolute Gasteiger partial charge is 0.356 e. The molecule has 4 heteroatoms. The third kappa shape index (κ3) is 16.2. The quantitative estimate of drug-likeness (QED) is 0.111. The lowest BCUT2D eigenvalue weighted by molar-refractivity contribution is -0.169. The Labute approximate surface area is 195 Å². The number of hydrogen-bond acceptors (Lipinski definition) is 4. The van der Waals surface area contributed by atoms with Crippen LogP contribution in [0.15, 0.2) is 0 Å². The van der Waals surface area contributed by atoms with Gasteiger partial charge in [0.25, 0.3) is 0 Å². The van der Waals surface area contributed by atoms with Gasteiger partial charge in [0.1, 0.15) is 0 Å². The lowest BCUT2D eigenvalue weighted by atomic mass is 9.86. The average molecular weight is 445 g/mol. The van der Waals surface area contributed by atoms with Gasteiger partial charge in [0.15, 0.2) is 12.6 Å². The maximum atomic E-state index is 5.70. The third-order valence-corrected chi connectivity index (χ3v) is 6.66. The zero-order chi connectivity index (χ0) is 23.2. The molecule has 0 fully saturated rings. The zero-order valence-corrected chi connectivity index (χ0v) is 22.0. The normalized spacial score (nSPS) is 13.9. The molecule has 0 rings (SSSR count). The molecule has 31 heavy (non-hydrogen) atoms. The van der Waals surface area contributed by atoms with E-state index in [0.717, 1.165) is 19.3 Å². The minimum Gasteiger partial charge on any atom is -0.356 e. The number of ether oxygens (including phenoxy) is 4. The fourth-order valence-electron chi connectivity index (χ4n) is 4.81. The molecule has 2 unspecified atom stereocenters. The second kappa shape index (κ2) is 23.0. The first-order valence-electron chi connectivity index (χ1n) is 13.3. The molecule has 0 aromatic rings. The fourth-order valence-corrected chi connectivity index (χ4v) is 4.81. The van der Waals surface area contributed by atoms with E-state index in [9.17, 15) is 0 Å². The van der Waals surface area contributed by atoms with Gasteiger partial charge in [-0.05, 0) is 19.3 Å². The van der Waals surface area contributed by atoms with E-state index >= 15 is 0 Å². The molecule has 4 nitrogen and oxygen atoms in total. The van der Waals surface area contributed by atoms with Gasteiger partial charge in [-0.15, -0.1) is 0 Å². The van der Waals surface area contributed by atoms with Crippen LogP contribution in [0.1, 0.15) is 123 Å². The summed E-state index contributed by atoms with van der Waals surface area (Å²) in [6.07, 6.45) is 21.7. The van der Waals surface area contributed by atoms with E-state index in [-0.39, 0.29) is 12.6 Å². The van der Waals surface area contributed by atoms with Crippen LogP contribution in [0.25, 0.3) is 0 Å². The van der Waals surface area contributed by atoms with Gasteiger partial charge in [-0.2, -0.15) is 0 Å². The summed E-state index contributed by atoms with van der Waals surface area (Å²) < 4.78 is 22.8. The van der Waals surface area contributed by atoms with E-state index in [2.05, 4.69) is 13.8 Å². The van der Waals surface area contributed by atoms with E-state index in [1.54, 1.807) is 28.4 Å². The van der Waals surface area contributed by atoms with Crippen molar-refractivity contribution in [2.24, 2.45) is 11.8 Å². The number of methoxy groups -OCH3 is 4. The Hall–Kier alpha value is -0.160. The highest BCUT2D eigenvalue weighted by molar-refractivity contribution is 4.73. The predicted octanol–water partition coefficient (Wildman–Crippen LogP) is 8.13. The summed E-state index contributed by atoms with van der Waals surface area (Å²) >= 11 is 0. The van der Waals surface area contributed by atoms with Gasteiger partial charge in [-0.1, -0.05) is 104 Å². The number of unbranched alkanes of at least 4 members (excludes halogenated alkanes) is 12. The lowest BCUT2D eigenvalue weighted by Gasteiger charge is -2.32. The zero-order valence-electron chi connectivity index (χ0n) is 22.0. The molecule has 0 radical (unpaired) electrons. The van der Waals surface area contributed by atoms with Crippen molar-refractivity contribution in [3.05, 3.63) is 0 Å². The van der Waals surface area contributed by atoms with Gasteiger partial charge in [-0.25, -0.2) is 0 Å². The van der Waals surface area contributed by atoms with Gasteiger partial charge in [0, 0.05) is 40.3 Å². The summed E-state index contributed by atoms with van der Waals surface area (Å²) in [6, 6.07) is 0. The topological polar surface area (TPSA) is 36.9 Å². The number of rotatable bonds is 24. The maximum Gasteiger partial charge on any atom is 0.159 e. The van der Waals surface area contributed by atoms with Crippen LogP contribution >= 0.6 is 0 Å². The molecular formula is C27H56O4. The maximum absolute atomic E-state index is 5.70. The Morgan fingerprint density at radius 3 is 1.00 bits per heavy atom. The smallest absolute Gasteiger partial charge is 0.159 e. The molecule has 0 bridgehead atoms. The van der Waals surface area contributed by atoms with Crippen LogP contribution in [0.2, 0.25) is 0 Å². The van der Waals surface area contributed by atoms with Gasteiger partial charge in [0.05, 0.1) is 0 Å². The van der Waals surface area contributed by atoms with Gasteiger partial charge < -0.3 is 18.9 Å². The molecule has 0 saturated carbocycles. The summed E-state index contributed by atoms with van der Waals surface area (Å²) in [6.45, 7) is 4.55. The molecule has 0 aromatic heterocycles. The predicted molar refractivity (Wildman–Crippen MR) is 132 cm³/mol. The van der Waals surface area contributed by atoms with Crippen molar-refractivity contribution in [1.29, 1.82) is 0 Å². The Kier molecular flexibility index (Phi) is 22.9. The minimum atomic E-state index is -0.147. The summed E-state index contributed by atoms with van der Waals surface area (Å²) in [5, 5.41) is 0. The van der Waals surface area contributed by atoms with Crippen molar-refractivity contribution in [1.82, 2.24) is 0 Å². The van der Waals surface area contributed by atoms with Crippen molar-refractivity contribution in [3.63, 3.8) is 0 Å². The third-order valence-electron chi connectivity index (χ3n) is 6.66. The lowest BCUT2D eigenvalue weighted by Crippen LogP contribution is -2.32. The standard InChI is InChI=1S/C27H56O4/c1-7-9-11-13-15-17-19-21-24(26(28-3)29-4)23-25(27(30-5)31-6)22-20-18-16-14-12-10-8-2/h24-27H,7-23H2,1-6H3. The van der Waals surface area contributed by atoms with Crippen LogP contribution < -0.4 is 0 Å². The first-order valence-corrected chi connectivity index (χ1v) is 13.3. The van der Waals surface area contributed by atoms with E-state index < -0.39 is 0 Å². The van der Waals surface area contributed by atoms with Crippen LogP contribution in [0.5, 0.6) is 0 Å². The first kappa shape index (κ1) is 30.8. The van der Waals surface area contributed by atoms with Crippen LogP contribution in [-0.2, 0) is 18.9 Å². The number of hydrogen-bond donors (Lipinski definition) is 0. The Balaban J connectivity index is 4.64. The summed E-state index contributed by atoms with van der Waals surface area (Å²) in [5.41, 5.74) is 0. The second-order valence-corrected chi connectivity index (χ2v) is 9.26. The summed E-state index contributed by atoms with van der Waals surface area (Å²) in [7, 11) is 7.06. The fraction of sp³-hybridized carbons (Fsp3) is 1.00. The Morgan fingerprint density at radius 1 is 0.419 bits per heavy atom. The van der Waals surface area contributed by atoms with Crippen LogP contribution in [0, 0.1) is 11.8 Å². The molecule has 0 aromatic carbocycles. The van der Waals surface area contributed by atoms with E-state index in [0.29, 0.717) is 11.8 Å². The average Bonchev–Trinajstić information content (AvgIpc) is 2.78. The van der Waals surface area contributed by atoms with Crippen molar-refractivity contribution in [3.8, 4) is 0 Å². The summed E-state index contributed by atoms with van der Waals surface area (Å²) in [5.74, 6) is 0.765. The van der Waals surface area contributed by atoms with Crippen molar-refractivity contribution >= 4 is 0 Å².